The lowest BCUT2D eigenvalue weighted by molar-refractivity contribution is -0.146. The second-order valence-corrected chi connectivity index (χ2v) is 9.53. The van der Waals surface area contributed by atoms with Crippen LogP contribution >= 0.6 is 23.2 Å². The summed E-state index contributed by atoms with van der Waals surface area (Å²) in [5, 5.41) is 6.37. The van der Waals surface area contributed by atoms with Gasteiger partial charge in [-0.2, -0.15) is 0 Å². The van der Waals surface area contributed by atoms with Gasteiger partial charge in [0.1, 0.15) is 28.8 Å². The molecule has 0 spiro atoms. The summed E-state index contributed by atoms with van der Waals surface area (Å²) in [7, 11) is 0. The minimum atomic E-state index is -0.609. The summed E-state index contributed by atoms with van der Waals surface area (Å²) in [5.74, 6) is -0.997. The number of nitrogens with zero attached hydrogens (tertiary/aromatic N) is 3. The summed E-state index contributed by atoms with van der Waals surface area (Å²) in [6.45, 7) is 1.22. The van der Waals surface area contributed by atoms with Crippen molar-refractivity contribution in [3.8, 4) is 0 Å². The molecule has 10 nitrogen and oxygen atoms in total. The van der Waals surface area contributed by atoms with Crippen molar-refractivity contribution in [2.24, 2.45) is 5.92 Å². The van der Waals surface area contributed by atoms with Crippen molar-refractivity contribution in [1.82, 2.24) is 14.9 Å². The first kappa shape index (κ1) is 24.5. The molecule has 3 aromatic rings. The van der Waals surface area contributed by atoms with Crippen molar-refractivity contribution >= 4 is 63.4 Å². The lowest BCUT2D eigenvalue weighted by atomic mass is 9.84. The molecule has 2 N–H and O–H groups in total. The number of furan rings is 1. The number of rotatable bonds is 5. The van der Waals surface area contributed by atoms with Gasteiger partial charge in [0.2, 0.25) is 17.6 Å². The molecule has 0 bridgehead atoms. The van der Waals surface area contributed by atoms with Crippen molar-refractivity contribution < 1.29 is 23.5 Å². The van der Waals surface area contributed by atoms with Gasteiger partial charge < -0.3 is 24.7 Å². The maximum atomic E-state index is 13.3. The molecular weight excluding hydrogens is 509 g/mol. The Morgan fingerprint density at radius 3 is 2.58 bits per heavy atom. The van der Waals surface area contributed by atoms with Gasteiger partial charge in [0.15, 0.2) is 0 Å². The fraction of sp³-hybridized carbons (Fsp3) is 0.375. The van der Waals surface area contributed by atoms with E-state index in [1.54, 1.807) is 18.2 Å². The summed E-state index contributed by atoms with van der Waals surface area (Å²) in [5.41, 5.74) is 0.471. The first-order valence-electron chi connectivity index (χ1n) is 11.6. The molecule has 36 heavy (non-hydrogen) atoms. The molecule has 188 valence electrons. The van der Waals surface area contributed by atoms with Crippen molar-refractivity contribution in [3.63, 3.8) is 0 Å². The van der Waals surface area contributed by atoms with Crippen LogP contribution in [-0.4, -0.2) is 58.4 Å². The number of halogens is 2. The molecular formula is C24H23Cl2N5O5. The molecule has 5 rings (SSSR count). The smallest absolute Gasteiger partial charge is 0.294 e. The number of morpholine rings is 1. The van der Waals surface area contributed by atoms with Crippen LogP contribution in [0.3, 0.4) is 0 Å². The maximum Gasteiger partial charge on any atom is 0.294 e. The third-order valence-electron chi connectivity index (χ3n) is 6.51. The van der Waals surface area contributed by atoms with Crippen molar-refractivity contribution in [1.29, 1.82) is 0 Å². The number of amides is 3. The minimum Gasteiger partial charge on any atom is -0.448 e. The number of aromatic nitrogens is 2. The van der Waals surface area contributed by atoms with Crippen LogP contribution in [0.25, 0.3) is 11.0 Å². The SMILES string of the molecule is O=C(Nc1ccc(Cl)cn1)c1oc2ccnc(Cl)c2c1NC(=O)[C@H]1CC[C@H](N2CCOCC2=O)CC1. The second-order valence-electron chi connectivity index (χ2n) is 8.73. The highest BCUT2D eigenvalue weighted by Crippen LogP contribution is 2.37. The van der Waals surface area contributed by atoms with Crippen LogP contribution in [0.2, 0.25) is 10.2 Å². The molecule has 1 saturated carbocycles. The number of ether oxygens (including phenoxy) is 1. The first-order valence-corrected chi connectivity index (χ1v) is 12.3. The average molecular weight is 532 g/mol. The molecule has 1 saturated heterocycles. The Bertz CT molecular complexity index is 1300. The van der Waals surface area contributed by atoms with Crippen molar-refractivity contribution in [2.45, 2.75) is 31.7 Å². The lowest BCUT2D eigenvalue weighted by Crippen LogP contribution is -2.49. The molecule has 2 fully saturated rings. The maximum absolute atomic E-state index is 13.3. The number of pyridine rings is 2. The standard InChI is InChI=1S/C24H23Cl2N5O5/c25-14-3-6-17(28-11-14)29-24(34)21-20(19-16(36-21)7-8-27-22(19)26)30-23(33)13-1-4-15(5-2-13)31-9-10-35-12-18(31)32/h3,6-8,11,13,15H,1-2,4-5,9-10,12H2,(H,30,33)(H,28,29,34)/t13-,15-. The van der Waals surface area contributed by atoms with E-state index < -0.39 is 5.91 Å². The van der Waals surface area contributed by atoms with Crippen LogP contribution in [0.4, 0.5) is 11.5 Å². The normalized spacial score (nSPS) is 20.4. The summed E-state index contributed by atoms with van der Waals surface area (Å²) >= 11 is 12.2. The molecule has 3 amide bonds. The Morgan fingerprint density at radius 1 is 1.06 bits per heavy atom. The van der Waals surface area contributed by atoms with Gasteiger partial charge in [-0.3, -0.25) is 14.4 Å². The molecule has 12 heteroatoms. The van der Waals surface area contributed by atoms with Crippen molar-refractivity contribution in [2.75, 3.05) is 30.4 Å². The molecule has 1 aliphatic carbocycles. The molecule has 0 atom stereocenters. The van der Waals surface area contributed by atoms with Crippen LogP contribution in [0.15, 0.2) is 35.0 Å². The Balaban J connectivity index is 1.33. The van der Waals surface area contributed by atoms with E-state index in [0.717, 1.165) is 0 Å². The highest BCUT2D eigenvalue weighted by atomic mass is 35.5. The van der Waals surface area contributed by atoms with Gasteiger partial charge in [0, 0.05) is 30.9 Å². The third kappa shape index (κ3) is 5.02. The predicted molar refractivity (Wildman–Crippen MR) is 133 cm³/mol. The molecule has 0 aromatic carbocycles. The minimum absolute atomic E-state index is 0.00742. The molecule has 1 aliphatic heterocycles. The zero-order valence-corrected chi connectivity index (χ0v) is 20.6. The van der Waals surface area contributed by atoms with Crippen LogP contribution in [-0.2, 0) is 14.3 Å². The molecule has 3 aromatic heterocycles. The van der Waals surface area contributed by atoms with Gasteiger partial charge in [0.25, 0.3) is 5.91 Å². The summed E-state index contributed by atoms with van der Waals surface area (Å²) < 4.78 is 11.0. The summed E-state index contributed by atoms with van der Waals surface area (Å²) in [4.78, 5) is 48.5. The van der Waals surface area contributed by atoms with Crippen LogP contribution in [0, 0.1) is 5.92 Å². The average Bonchev–Trinajstić information content (AvgIpc) is 3.25. The van der Waals surface area contributed by atoms with E-state index in [1.807, 2.05) is 4.90 Å². The number of hydrogen-bond acceptors (Lipinski definition) is 7. The summed E-state index contributed by atoms with van der Waals surface area (Å²) in [6.07, 6.45) is 5.51. The van der Waals surface area contributed by atoms with E-state index in [2.05, 4.69) is 20.6 Å². The zero-order chi connectivity index (χ0) is 25.2. The van der Waals surface area contributed by atoms with E-state index in [0.29, 0.717) is 54.8 Å². The predicted octanol–water partition coefficient (Wildman–Crippen LogP) is 4.14. The van der Waals surface area contributed by atoms with E-state index in [4.69, 9.17) is 32.4 Å². The van der Waals surface area contributed by atoms with E-state index in [9.17, 15) is 14.4 Å². The number of carbonyl (C=O) groups excluding carboxylic acids is 3. The largest absolute Gasteiger partial charge is 0.448 e. The number of carbonyl (C=O) groups is 3. The van der Waals surface area contributed by atoms with Gasteiger partial charge in [-0.1, -0.05) is 23.2 Å². The fourth-order valence-corrected chi connectivity index (χ4v) is 5.05. The van der Waals surface area contributed by atoms with E-state index in [-0.39, 0.29) is 52.8 Å². The number of anilines is 2. The van der Waals surface area contributed by atoms with Crippen molar-refractivity contribution in [3.05, 3.63) is 46.5 Å². The van der Waals surface area contributed by atoms with Gasteiger partial charge in [0.05, 0.1) is 17.0 Å². The van der Waals surface area contributed by atoms with Gasteiger partial charge in [-0.05, 0) is 43.9 Å². The third-order valence-corrected chi connectivity index (χ3v) is 7.02. The summed E-state index contributed by atoms with van der Waals surface area (Å²) in [6, 6.07) is 4.81. The quantitative estimate of drug-likeness (QED) is 0.473. The van der Waals surface area contributed by atoms with Gasteiger partial charge >= 0.3 is 0 Å². The highest BCUT2D eigenvalue weighted by Gasteiger charge is 2.34. The highest BCUT2D eigenvalue weighted by molar-refractivity contribution is 6.36. The molecule has 0 unspecified atom stereocenters. The molecule has 2 aliphatic rings. The fourth-order valence-electron chi connectivity index (χ4n) is 4.70. The van der Waals surface area contributed by atoms with E-state index >= 15 is 0 Å². The monoisotopic (exact) mass is 531 g/mol. The molecule has 0 radical (unpaired) electrons. The first-order chi connectivity index (χ1) is 17.4. The number of fused-ring (bicyclic) bond motifs is 1. The van der Waals surface area contributed by atoms with Gasteiger partial charge in [-0.25, -0.2) is 9.97 Å². The van der Waals surface area contributed by atoms with Crippen LogP contribution in [0.1, 0.15) is 36.2 Å². The topological polar surface area (TPSA) is 127 Å². The Morgan fingerprint density at radius 2 is 1.86 bits per heavy atom. The van der Waals surface area contributed by atoms with E-state index in [1.165, 1.54) is 12.4 Å². The second kappa shape index (κ2) is 10.4. The lowest BCUT2D eigenvalue weighted by Gasteiger charge is -2.38. The zero-order valence-electron chi connectivity index (χ0n) is 19.1. The number of hydrogen-bond donors (Lipinski definition) is 2. The number of nitrogens with one attached hydrogen (secondary N) is 2. The van der Waals surface area contributed by atoms with Gasteiger partial charge in [-0.15, -0.1) is 0 Å². The Labute approximate surface area is 216 Å². The van der Waals surface area contributed by atoms with Crippen LogP contribution < -0.4 is 10.6 Å². The van der Waals surface area contributed by atoms with Crippen LogP contribution in [0.5, 0.6) is 0 Å². The molecule has 4 heterocycles. The Hall–Kier alpha value is -3.21. The Kier molecular flexibility index (Phi) is 7.08.